The summed E-state index contributed by atoms with van der Waals surface area (Å²) >= 11 is 5.85. The van der Waals surface area contributed by atoms with Gasteiger partial charge in [-0.05, 0) is 31.0 Å². The van der Waals surface area contributed by atoms with E-state index in [4.69, 9.17) is 26.8 Å². The molecule has 1 aromatic rings. The normalized spacial score (nSPS) is 10.5. The minimum atomic E-state index is -0.0977. The molecule has 0 unspecified atom stereocenters. The largest absolute Gasteiger partial charge is 0.397 e. The van der Waals surface area contributed by atoms with Crippen LogP contribution in [-0.4, -0.2) is 32.8 Å². The molecule has 0 fully saturated rings. The van der Waals surface area contributed by atoms with Crippen LogP contribution in [0, 0.1) is 0 Å². The highest BCUT2D eigenvalue weighted by Gasteiger charge is 2.05. The molecule has 1 amide bonds. The van der Waals surface area contributed by atoms with E-state index >= 15 is 0 Å². The lowest BCUT2D eigenvalue weighted by molar-refractivity contribution is -0.116. The molecule has 0 radical (unpaired) electrons. The molecule has 5 nitrogen and oxygen atoms in total. The summed E-state index contributed by atoms with van der Waals surface area (Å²) in [5, 5.41) is 3.28. The lowest BCUT2D eigenvalue weighted by atomic mass is 10.2. The van der Waals surface area contributed by atoms with Gasteiger partial charge >= 0.3 is 0 Å². The van der Waals surface area contributed by atoms with Gasteiger partial charge in [0, 0.05) is 38.4 Å². The number of nitrogens with two attached hydrogens (primary N) is 1. The Balaban J connectivity index is 2.19. The number of hydrogen-bond donors (Lipinski definition) is 2. The lowest BCUT2D eigenvalue weighted by Gasteiger charge is -2.08. The fourth-order valence-corrected chi connectivity index (χ4v) is 1.76. The van der Waals surface area contributed by atoms with Gasteiger partial charge < -0.3 is 20.5 Å². The van der Waals surface area contributed by atoms with Gasteiger partial charge in [0.2, 0.25) is 5.91 Å². The Bertz CT molecular complexity index is 427. The van der Waals surface area contributed by atoms with Gasteiger partial charge in [0.15, 0.2) is 0 Å². The van der Waals surface area contributed by atoms with Crippen LogP contribution in [0.1, 0.15) is 19.3 Å². The third-order valence-electron chi connectivity index (χ3n) is 2.62. The Morgan fingerprint density at radius 1 is 1.30 bits per heavy atom. The Labute approximate surface area is 124 Å². The van der Waals surface area contributed by atoms with Crippen LogP contribution in [0.3, 0.4) is 0 Å². The summed E-state index contributed by atoms with van der Waals surface area (Å²) in [6, 6.07) is 4.98. The van der Waals surface area contributed by atoms with Crippen LogP contribution in [0.4, 0.5) is 11.4 Å². The number of nitrogen functional groups attached to an aromatic ring is 1. The number of halogens is 1. The number of rotatable bonds is 9. The topological polar surface area (TPSA) is 73.6 Å². The molecule has 112 valence electrons. The summed E-state index contributed by atoms with van der Waals surface area (Å²) in [4.78, 5) is 11.7. The van der Waals surface area contributed by atoms with Crippen molar-refractivity contribution in [1.82, 2.24) is 0 Å². The van der Waals surface area contributed by atoms with E-state index < -0.39 is 0 Å². The van der Waals surface area contributed by atoms with E-state index in [1.807, 2.05) is 0 Å². The molecule has 0 aliphatic heterocycles. The highest BCUT2D eigenvalue weighted by molar-refractivity contribution is 6.31. The highest BCUT2D eigenvalue weighted by Crippen LogP contribution is 2.23. The van der Waals surface area contributed by atoms with Crippen molar-refractivity contribution in [3.63, 3.8) is 0 Å². The van der Waals surface area contributed by atoms with Crippen LogP contribution < -0.4 is 11.1 Å². The molecular formula is C14H21ClN2O3. The van der Waals surface area contributed by atoms with Crippen LogP contribution in [0.5, 0.6) is 0 Å². The molecule has 20 heavy (non-hydrogen) atoms. The molecule has 1 aromatic carbocycles. The number of anilines is 2. The molecule has 0 aromatic heterocycles. The van der Waals surface area contributed by atoms with E-state index in [1.165, 1.54) is 0 Å². The number of ether oxygens (including phenoxy) is 2. The summed E-state index contributed by atoms with van der Waals surface area (Å²) in [5.41, 5.74) is 6.79. The summed E-state index contributed by atoms with van der Waals surface area (Å²) in [5.74, 6) is -0.0977. The third-order valence-corrected chi connectivity index (χ3v) is 2.85. The van der Waals surface area contributed by atoms with Crippen molar-refractivity contribution >= 4 is 28.9 Å². The summed E-state index contributed by atoms with van der Waals surface area (Å²) in [7, 11) is 1.66. The quantitative estimate of drug-likeness (QED) is 0.543. The van der Waals surface area contributed by atoms with Crippen LogP contribution in [-0.2, 0) is 14.3 Å². The lowest BCUT2D eigenvalue weighted by Crippen LogP contribution is -2.13. The van der Waals surface area contributed by atoms with Gasteiger partial charge in [-0.3, -0.25) is 4.79 Å². The Hall–Kier alpha value is -1.30. The number of amides is 1. The zero-order chi connectivity index (χ0) is 14.8. The number of nitrogens with one attached hydrogen (secondary N) is 1. The predicted octanol–water partition coefficient (Wildman–Crippen LogP) is 2.69. The van der Waals surface area contributed by atoms with Gasteiger partial charge in [0.1, 0.15) is 0 Å². The zero-order valence-corrected chi connectivity index (χ0v) is 12.4. The van der Waals surface area contributed by atoms with Gasteiger partial charge in [0.05, 0.1) is 11.4 Å². The van der Waals surface area contributed by atoms with Crippen molar-refractivity contribution in [3.8, 4) is 0 Å². The second kappa shape index (κ2) is 9.58. The predicted molar refractivity (Wildman–Crippen MR) is 81.0 cm³/mol. The Kier molecular flexibility index (Phi) is 8.02. The molecule has 3 N–H and O–H groups in total. The van der Waals surface area contributed by atoms with E-state index in [0.29, 0.717) is 49.1 Å². The first-order chi connectivity index (χ1) is 9.63. The van der Waals surface area contributed by atoms with Gasteiger partial charge in [-0.15, -0.1) is 0 Å². The number of carbonyl (C=O) groups excluding carboxylic acids is 1. The average Bonchev–Trinajstić information content (AvgIpc) is 2.42. The molecule has 0 atom stereocenters. The monoisotopic (exact) mass is 300 g/mol. The van der Waals surface area contributed by atoms with Gasteiger partial charge in [-0.2, -0.15) is 0 Å². The molecule has 0 aliphatic rings. The van der Waals surface area contributed by atoms with E-state index in [2.05, 4.69) is 5.32 Å². The van der Waals surface area contributed by atoms with Crippen molar-refractivity contribution in [1.29, 1.82) is 0 Å². The fraction of sp³-hybridized carbons (Fsp3) is 0.500. The van der Waals surface area contributed by atoms with Crippen LogP contribution in [0.2, 0.25) is 5.02 Å². The maximum atomic E-state index is 11.7. The maximum absolute atomic E-state index is 11.7. The Morgan fingerprint density at radius 2 is 2.05 bits per heavy atom. The fourth-order valence-electron chi connectivity index (χ4n) is 1.59. The number of methoxy groups -OCH3 is 1. The first kappa shape index (κ1) is 16.8. The summed E-state index contributed by atoms with van der Waals surface area (Å²) in [6.45, 7) is 1.90. The summed E-state index contributed by atoms with van der Waals surface area (Å²) < 4.78 is 10.3. The van der Waals surface area contributed by atoms with Crippen LogP contribution >= 0.6 is 11.6 Å². The first-order valence-electron chi connectivity index (χ1n) is 6.55. The average molecular weight is 301 g/mol. The van der Waals surface area contributed by atoms with Crippen molar-refractivity contribution in [3.05, 3.63) is 23.2 Å². The van der Waals surface area contributed by atoms with E-state index in [9.17, 15) is 4.79 Å². The highest BCUT2D eigenvalue weighted by atomic mass is 35.5. The minimum absolute atomic E-state index is 0.0977. The molecule has 0 spiro atoms. The zero-order valence-electron chi connectivity index (χ0n) is 11.7. The van der Waals surface area contributed by atoms with Crippen LogP contribution in [0.25, 0.3) is 0 Å². The molecule has 0 bridgehead atoms. The van der Waals surface area contributed by atoms with Crippen molar-refractivity contribution in [2.45, 2.75) is 19.3 Å². The smallest absolute Gasteiger partial charge is 0.224 e. The van der Waals surface area contributed by atoms with Crippen molar-refractivity contribution in [2.24, 2.45) is 0 Å². The number of carbonyl (C=O) groups is 1. The SMILES string of the molecule is COCCCOCCCC(=O)Nc1cc(Cl)ccc1N. The van der Waals surface area contributed by atoms with Crippen LogP contribution in [0.15, 0.2) is 18.2 Å². The molecule has 1 rings (SSSR count). The second-order valence-corrected chi connectivity index (χ2v) is 4.78. The standard InChI is InChI=1S/C14H21ClN2O3/c1-19-7-3-9-20-8-2-4-14(18)17-13-10-11(15)5-6-12(13)16/h5-6,10H,2-4,7-9,16H2,1H3,(H,17,18). The van der Waals surface area contributed by atoms with E-state index in [0.717, 1.165) is 6.42 Å². The third kappa shape index (κ3) is 6.75. The summed E-state index contributed by atoms with van der Waals surface area (Å²) in [6.07, 6.45) is 1.91. The Morgan fingerprint density at radius 3 is 2.80 bits per heavy atom. The number of benzene rings is 1. The van der Waals surface area contributed by atoms with E-state index in [1.54, 1.807) is 25.3 Å². The molecule has 0 saturated carbocycles. The van der Waals surface area contributed by atoms with E-state index in [-0.39, 0.29) is 5.91 Å². The molecule has 0 aliphatic carbocycles. The van der Waals surface area contributed by atoms with Gasteiger partial charge in [-0.1, -0.05) is 11.6 Å². The van der Waals surface area contributed by atoms with Crippen molar-refractivity contribution < 1.29 is 14.3 Å². The molecule has 6 heteroatoms. The minimum Gasteiger partial charge on any atom is -0.397 e. The molecule has 0 saturated heterocycles. The molecular weight excluding hydrogens is 280 g/mol. The van der Waals surface area contributed by atoms with Gasteiger partial charge in [-0.25, -0.2) is 0 Å². The maximum Gasteiger partial charge on any atom is 0.224 e. The second-order valence-electron chi connectivity index (χ2n) is 4.34. The molecule has 0 heterocycles. The van der Waals surface area contributed by atoms with Gasteiger partial charge in [0.25, 0.3) is 0 Å². The first-order valence-corrected chi connectivity index (χ1v) is 6.93. The number of hydrogen-bond acceptors (Lipinski definition) is 4. The van der Waals surface area contributed by atoms with Crippen molar-refractivity contribution in [2.75, 3.05) is 38.0 Å².